The van der Waals surface area contributed by atoms with Crippen molar-refractivity contribution in [3.8, 4) is 0 Å². The van der Waals surface area contributed by atoms with Crippen LogP contribution in [0.2, 0.25) is 0 Å². The minimum absolute atomic E-state index is 0.0713. The maximum atomic E-state index is 14.5. The van der Waals surface area contributed by atoms with Gasteiger partial charge in [-0.2, -0.15) is 0 Å². The van der Waals surface area contributed by atoms with Crippen molar-refractivity contribution in [2.75, 3.05) is 30.4 Å². The summed E-state index contributed by atoms with van der Waals surface area (Å²) in [6.07, 6.45) is 8.11. The molecule has 11 nitrogen and oxygen atoms in total. The van der Waals surface area contributed by atoms with Gasteiger partial charge < -0.3 is 24.3 Å². The number of likely N-dealkylation sites (N-methyl/N-ethyl adjacent to an activating group) is 1. The van der Waals surface area contributed by atoms with Crippen molar-refractivity contribution >= 4 is 40.2 Å². The smallest absolute Gasteiger partial charge is 0.410 e. The molecule has 0 bridgehead atoms. The number of aromatic nitrogens is 5. The standard InChI is InChI=1S/C26H29FN8O3/c1-15-12-35-13-16(10-19(27)22(35)31-15)32-24(36)18-11-30-23(21-20(18)28-7-8-29-21)34-9-6-17(14-34)33(5)25(37)38-26(2,3)4/h7-8,10-13,17H,6,9,14H2,1-5H3,(H,32,36). The highest BCUT2D eigenvalue weighted by Crippen LogP contribution is 2.29. The highest BCUT2D eigenvalue weighted by molar-refractivity contribution is 6.12. The van der Waals surface area contributed by atoms with E-state index in [2.05, 4.69) is 25.3 Å². The third-order valence-corrected chi connectivity index (χ3v) is 6.30. The lowest BCUT2D eigenvalue weighted by molar-refractivity contribution is 0.0237. The number of pyridine rings is 2. The summed E-state index contributed by atoms with van der Waals surface area (Å²) in [5.74, 6) is -0.464. The van der Waals surface area contributed by atoms with Gasteiger partial charge in [-0.1, -0.05) is 0 Å². The molecule has 2 amide bonds. The maximum absolute atomic E-state index is 14.5. The van der Waals surface area contributed by atoms with E-state index in [1.54, 1.807) is 37.5 Å². The average Bonchev–Trinajstić information content (AvgIpc) is 3.48. The molecule has 0 aromatic carbocycles. The van der Waals surface area contributed by atoms with Crippen LogP contribution >= 0.6 is 0 Å². The van der Waals surface area contributed by atoms with Crippen LogP contribution in [-0.4, -0.2) is 73.0 Å². The summed E-state index contributed by atoms with van der Waals surface area (Å²) < 4.78 is 21.5. The number of fused-ring (bicyclic) bond motifs is 2. The summed E-state index contributed by atoms with van der Waals surface area (Å²) in [6.45, 7) is 8.44. The zero-order valence-electron chi connectivity index (χ0n) is 21.9. The molecular weight excluding hydrogens is 491 g/mol. The van der Waals surface area contributed by atoms with E-state index in [1.165, 1.54) is 22.9 Å². The Labute approximate surface area is 218 Å². The molecule has 1 atom stereocenters. The topological polar surface area (TPSA) is 118 Å². The molecule has 0 spiro atoms. The Kier molecular flexibility index (Phi) is 6.33. The van der Waals surface area contributed by atoms with Gasteiger partial charge in [0.2, 0.25) is 0 Å². The monoisotopic (exact) mass is 520 g/mol. The van der Waals surface area contributed by atoms with Gasteiger partial charge in [0.25, 0.3) is 5.91 Å². The van der Waals surface area contributed by atoms with Crippen molar-refractivity contribution < 1.29 is 18.7 Å². The molecule has 12 heteroatoms. The number of hydrogen-bond acceptors (Lipinski definition) is 8. The maximum Gasteiger partial charge on any atom is 0.410 e. The first-order chi connectivity index (χ1) is 18.0. The SMILES string of the molecule is Cc1cn2cc(NC(=O)c3cnc(N4CCC(N(C)C(=O)OC(C)(C)C)C4)c4nccnc34)cc(F)c2n1. The number of amides is 2. The molecule has 4 aromatic heterocycles. The molecule has 1 saturated heterocycles. The number of aryl methyl sites for hydroxylation is 1. The summed E-state index contributed by atoms with van der Waals surface area (Å²) in [5.41, 5.74) is 1.58. The molecule has 1 aliphatic heterocycles. The Morgan fingerprint density at radius 2 is 1.89 bits per heavy atom. The van der Waals surface area contributed by atoms with Gasteiger partial charge in [-0.25, -0.2) is 24.1 Å². The molecule has 5 heterocycles. The van der Waals surface area contributed by atoms with Gasteiger partial charge >= 0.3 is 6.09 Å². The van der Waals surface area contributed by atoms with Crippen LogP contribution < -0.4 is 10.2 Å². The number of carbonyl (C=O) groups excluding carboxylic acids is 2. The third-order valence-electron chi connectivity index (χ3n) is 6.30. The number of nitrogens with one attached hydrogen (secondary N) is 1. The number of ether oxygens (including phenoxy) is 1. The second-order valence-electron chi connectivity index (χ2n) is 10.4. The molecule has 1 unspecified atom stereocenters. The fraction of sp³-hybridized carbons (Fsp3) is 0.385. The van der Waals surface area contributed by atoms with Crippen LogP contribution in [0.3, 0.4) is 0 Å². The molecule has 4 aromatic rings. The average molecular weight is 521 g/mol. The van der Waals surface area contributed by atoms with Crippen LogP contribution in [0.25, 0.3) is 16.7 Å². The van der Waals surface area contributed by atoms with Crippen molar-refractivity contribution in [2.45, 2.75) is 45.8 Å². The highest BCUT2D eigenvalue weighted by atomic mass is 19.1. The van der Waals surface area contributed by atoms with Crippen molar-refractivity contribution in [2.24, 2.45) is 0 Å². The molecule has 1 N–H and O–H groups in total. The van der Waals surface area contributed by atoms with E-state index < -0.39 is 17.3 Å². The zero-order chi connectivity index (χ0) is 27.2. The number of anilines is 2. The molecule has 0 radical (unpaired) electrons. The fourth-order valence-corrected chi connectivity index (χ4v) is 4.52. The Hall–Kier alpha value is -4.35. The Balaban J connectivity index is 1.38. The molecule has 38 heavy (non-hydrogen) atoms. The van der Waals surface area contributed by atoms with Crippen molar-refractivity contribution in [1.29, 1.82) is 0 Å². The second kappa shape index (κ2) is 9.51. The Bertz CT molecular complexity index is 1550. The van der Waals surface area contributed by atoms with E-state index in [0.717, 1.165) is 6.42 Å². The molecule has 5 rings (SSSR count). The van der Waals surface area contributed by atoms with Crippen LogP contribution in [0.15, 0.2) is 37.1 Å². The minimum atomic E-state index is -0.581. The molecule has 198 valence electrons. The summed E-state index contributed by atoms with van der Waals surface area (Å²) in [6, 6.07) is 1.15. The first kappa shape index (κ1) is 25.3. The number of hydrogen-bond donors (Lipinski definition) is 1. The minimum Gasteiger partial charge on any atom is -0.444 e. The van der Waals surface area contributed by atoms with Crippen molar-refractivity contribution in [1.82, 2.24) is 29.2 Å². The van der Waals surface area contributed by atoms with Gasteiger partial charge in [-0.05, 0) is 34.1 Å². The zero-order valence-corrected chi connectivity index (χ0v) is 21.9. The van der Waals surface area contributed by atoms with E-state index in [9.17, 15) is 14.0 Å². The Morgan fingerprint density at radius 3 is 2.63 bits per heavy atom. The Morgan fingerprint density at radius 1 is 1.16 bits per heavy atom. The first-order valence-corrected chi connectivity index (χ1v) is 12.3. The second-order valence-corrected chi connectivity index (χ2v) is 10.4. The van der Waals surface area contributed by atoms with Crippen LogP contribution in [-0.2, 0) is 4.74 Å². The quantitative estimate of drug-likeness (QED) is 0.432. The summed E-state index contributed by atoms with van der Waals surface area (Å²) in [4.78, 5) is 46.9. The van der Waals surface area contributed by atoms with Crippen molar-refractivity contribution in [3.05, 3.63) is 54.1 Å². The fourth-order valence-electron chi connectivity index (χ4n) is 4.52. The van der Waals surface area contributed by atoms with Crippen LogP contribution in [0.1, 0.15) is 43.2 Å². The predicted molar refractivity (Wildman–Crippen MR) is 140 cm³/mol. The van der Waals surface area contributed by atoms with Crippen LogP contribution in [0.4, 0.5) is 20.7 Å². The number of halogens is 1. The first-order valence-electron chi connectivity index (χ1n) is 12.3. The number of rotatable bonds is 4. The van der Waals surface area contributed by atoms with Gasteiger partial charge in [-0.15, -0.1) is 0 Å². The summed E-state index contributed by atoms with van der Waals surface area (Å²) >= 11 is 0. The van der Waals surface area contributed by atoms with Gasteiger partial charge in [0.15, 0.2) is 17.3 Å². The molecule has 1 fully saturated rings. The molecular formula is C26H29FN8O3. The lowest BCUT2D eigenvalue weighted by atomic mass is 10.2. The van der Waals surface area contributed by atoms with Gasteiger partial charge in [0.05, 0.1) is 23.0 Å². The predicted octanol–water partition coefficient (Wildman–Crippen LogP) is 3.82. The number of carbonyl (C=O) groups is 2. The van der Waals surface area contributed by atoms with Gasteiger partial charge in [0.1, 0.15) is 16.6 Å². The van der Waals surface area contributed by atoms with E-state index in [1.807, 2.05) is 25.7 Å². The molecule has 1 aliphatic rings. The van der Waals surface area contributed by atoms with Crippen LogP contribution in [0, 0.1) is 12.7 Å². The summed E-state index contributed by atoms with van der Waals surface area (Å²) in [5, 5.41) is 2.73. The molecule has 0 aliphatic carbocycles. The van der Waals surface area contributed by atoms with E-state index in [0.29, 0.717) is 35.6 Å². The van der Waals surface area contributed by atoms with Crippen molar-refractivity contribution in [3.63, 3.8) is 0 Å². The highest BCUT2D eigenvalue weighted by Gasteiger charge is 2.33. The third kappa shape index (κ3) is 4.93. The van der Waals surface area contributed by atoms with Crippen LogP contribution in [0.5, 0.6) is 0 Å². The lowest BCUT2D eigenvalue weighted by Crippen LogP contribution is -2.42. The number of nitrogens with zero attached hydrogens (tertiary/aromatic N) is 7. The molecule has 0 saturated carbocycles. The largest absolute Gasteiger partial charge is 0.444 e. The number of imidazole rings is 1. The van der Waals surface area contributed by atoms with E-state index in [-0.39, 0.29) is 29.0 Å². The van der Waals surface area contributed by atoms with Gasteiger partial charge in [0, 0.05) is 57.2 Å². The van der Waals surface area contributed by atoms with E-state index in [4.69, 9.17) is 4.74 Å². The van der Waals surface area contributed by atoms with E-state index >= 15 is 0 Å². The normalized spacial score (nSPS) is 15.7. The van der Waals surface area contributed by atoms with Gasteiger partial charge in [-0.3, -0.25) is 9.78 Å². The summed E-state index contributed by atoms with van der Waals surface area (Å²) in [7, 11) is 1.73. The lowest BCUT2D eigenvalue weighted by Gasteiger charge is -2.28.